The van der Waals surface area contributed by atoms with Gasteiger partial charge in [0.05, 0.1) is 0 Å². The molecule has 0 unspecified atom stereocenters. The van der Waals surface area contributed by atoms with Gasteiger partial charge in [0.15, 0.2) is 17.5 Å². The van der Waals surface area contributed by atoms with Crippen LogP contribution in [0.1, 0.15) is 38.8 Å². The van der Waals surface area contributed by atoms with Gasteiger partial charge in [-0.05, 0) is 51.3 Å². The summed E-state index contributed by atoms with van der Waals surface area (Å²) >= 11 is 0. The Labute approximate surface area is 251 Å². The van der Waals surface area contributed by atoms with Gasteiger partial charge >= 0.3 is 0 Å². The molecule has 7 aromatic rings. The van der Waals surface area contributed by atoms with Gasteiger partial charge in [0.1, 0.15) is 11.2 Å². The third-order valence-electron chi connectivity index (χ3n) is 9.72. The molecule has 0 fully saturated rings. The predicted molar refractivity (Wildman–Crippen MR) is 175 cm³/mol. The van der Waals surface area contributed by atoms with Crippen LogP contribution in [0.25, 0.3) is 67.2 Å². The number of benzene rings is 5. The van der Waals surface area contributed by atoms with E-state index in [2.05, 4.69) is 82.3 Å². The van der Waals surface area contributed by atoms with E-state index in [0.717, 1.165) is 38.6 Å². The van der Waals surface area contributed by atoms with Crippen molar-refractivity contribution in [1.29, 1.82) is 0 Å². The van der Waals surface area contributed by atoms with Crippen LogP contribution < -0.4 is 0 Å². The van der Waals surface area contributed by atoms with Crippen LogP contribution in [0, 0.1) is 0 Å². The normalized spacial score (nSPS) is 14.9. The number of aromatic nitrogens is 3. The summed E-state index contributed by atoms with van der Waals surface area (Å²) in [4.78, 5) is 15.3. The van der Waals surface area contributed by atoms with Crippen molar-refractivity contribution in [3.8, 4) is 45.3 Å². The lowest BCUT2D eigenvalue weighted by molar-refractivity contribution is 0.299. The molecular formula is C39H31N3O. The number of fused-ring (bicyclic) bond motifs is 6. The van der Waals surface area contributed by atoms with E-state index in [0.29, 0.717) is 17.5 Å². The lowest BCUT2D eigenvalue weighted by Crippen LogP contribution is -2.43. The smallest absolute Gasteiger partial charge is 0.164 e. The first kappa shape index (κ1) is 25.6. The van der Waals surface area contributed by atoms with Gasteiger partial charge in [-0.25, -0.2) is 15.0 Å². The van der Waals surface area contributed by atoms with Gasteiger partial charge in [-0.2, -0.15) is 0 Å². The molecule has 0 saturated heterocycles. The van der Waals surface area contributed by atoms with Crippen LogP contribution in [0.5, 0.6) is 0 Å². The van der Waals surface area contributed by atoms with Gasteiger partial charge < -0.3 is 4.42 Å². The SMILES string of the molecule is CC1(C)c2ccccc2-c2ccc(-c3nc(-c4ccccc4)nc(-c4cccc5oc6ccccc6c45)n3)cc2C1(C)C. The topological polar surface area (TPSA) is 51.8 Å². The highest BCUT2D eigenvalue weighted by Gasteiger charge is 2.45. The highest BCUT2D eigenvalue weighted by molar-refractivity contribution is 6.11. The second kappa shape index (κ2) is 9.20. The van der Waals surface area contributed by atoms with Crippen molar-refractivity contribution in [2.75, 3.05) is 0 Å². The average Bonchev–Trinajstić information content (AvgIpc) is 3.43. The average molecular weight is 558 g/mol. The number of hydrogen-bond acceptors (Lipinski definition) is 4. The molecule has 5 aromatic carbocycles. The van der Waals surface area contributed by atoms with E-state index < -0.39 is 0 Å². The second-order valence-corrected chi connectivity index (χ2v) is 12.5. The van der Waals surface area contributed by atoms with Gasteiger partial charge in [0.25, 0.3) is 0 Å². The van der Waals surface area contributed by atoms with Gasteiger partial charge in [-0.3, -0.25) is 0 Å². The molecule has 43 heavy (non-hydrogen) atoms. The number of hydrogen-bond donors (Lipinski definition) is 0. The maximum Gasteiger partial charge on any atom is 0.164 e. The molecule has 0 N–H and O–H groups in total. The van der Waals surface area contributed by atoms with E-state index in [1.54, 1.807) is 0 Å². The largest absolute Gasteiger partial charge is 0.456 e. The fourth-order valence-corrected chi connectivity index (χ4v) is 6.67. The minimum absolute atomic E-state index is 0.0628. The van der Waals surface area contributed by atoms with Crippen LogP contribution in [-0.4, -0.2) is 15.0 Å². The van der Waals surface area contributed by atoms with E-state index in [9.17, 15) is 0 Å². The molecule has 0 aliphatic heterocycles. The molecule has 2 aromatic heterocycles. The number of nitrogens with zero attached hydrogens (tertiary/aromatic N) is 3. The Balaban J connectivity index is 1.38. The summed E-state index contributed by atoms with van der Waals surface area (Å²) in [6, 6.07) is 39.9. The summed E-state index contributed by atoms with van der Waals surface area (Å²) in [5.74, 6) is 1.93. The zero-order valence-electron chi connectivity index (χ0n) is 24.7. The molecule has 0 radical (unpaired) electrons. The maximum atomic E-state index is 6.21. The Morgan fingerprint density at radius 2 is 1.07 bits per heavy atom. The van der Waals surface area contributed by atoms with E-state index in [1.807, 2.05) is 60.7 Å². The van der Waals surface area contributed by atoms with Gasteiger partial charge in [0.2, 0.25) is 0 Å². The van der Waals surface area contributed by atoms with E-state index in [-0.39, 0.29) is 10.8 Å². The van der Waals surface area contributed by atoms with Crippen molar-refractivity contribution < 1.29 is 4.42 Å². The molecular weight excluding hydrogens is 526 g/mol. The van der Waals surface area contributed by atoms with Crippen LogP contribution >= 0.6 is 0 Å². The van der Waals surface area contributed by atoms with E-state index in [1.165, 1.54) is 22.3 Å². The molecule has 0 amide bonds. The van der Waals surface area contributed by atoms with Crippen molar-refractivity contribution in [3.63, 3.8) is 0 Å². The summed E-state index contributed by atoms with van der Waals surface area (Å²) < 4.78 is 6.21. The Morgan fingerprint density at radius 1 is 0.465 bits per heavy atom. The summed E-state index contributed by atoms with van der Waals surface area (Å²) in [5.41, 5.74) is 9.60. The third kappa shape index (κ3) is 3.79. The van der Waals surface area contributed by atoms with Gasteiger partial charge in [-0.1, -0.05) is 125 Å². The highest BCUT2D eigenvalue weighted by Crippen LogP contribution is 2.54. The van der Waals surface area contributed by atoms with E-state index in [4.69, 9.17) is 19.4 Å². The summed E-state index contributed by atoms with van der Waals surface area (Å²) in [5, 5.41) is 2.06. The van der Waals surface area contributed by atoms with Crippen LogP contribution in [0.3, 0.4) is 0 Å². The van der Waals surface area contributed by atoms with Crippen LogP contribution in [-0.2, 0) is 10.8 Å². The molecule has 0 bridgehead atoms. The lowest BCUT2D eigenvalue weighted by Gasteiger charge is -2.48. The molecule has 4 nitrogen and oxygen atoms in total. The minimum Gasteiger partial charge on any atom is -0.456 e. The Bertz CT molecular complexity index is 2190. The van der Waals surface area contributed by atoms with Crippen LogP contribution in [0.15, 0.2) is 120 Å². The molecule has 0 spiro atoms. The number of rotatable bonds is 3. The Kier molecular flexibility index (Phi) is 5.48. The van der Waals surface area contributed by atoms with Gasteiger partial charge in [-0.15, -0.1) is 0 Å². The Morgan fingerprint density at radius 3 is 1.91 bits per heavy atom. The second-order valence-electron chi connectivity index (χ2n) is 12.5. The first-order chi connectivity index (χ1) is 20.8. The summed E-state index contributed by atoms with van der Waals surface area (Å²) in [6.45, 7) is 9.41. The standard InChI is InChI=1S/C39H31N3O/c1-38(2)30-18-10-8-15-26(30)27-22-21-25(23-31(27)39(38,3)4)36-40-35(24-13-6-5-7-14-24)41-37(42-36)29-17-12-20-33-34(29)28-16-9-11-19-32(28)43-33/h5-23H,1-4H3. The Hall–Kier alpha value is -5.09. The first-order valence-corrected chi connectivity index (χ1v) is 14.8. The first-order valence-electron chi connectivity index (χ1n) is 14.8. The predicted octanol–water partition coefficient (Wildman–Crippen LogP) is 10.0. The van der Waals surface area contributed by atoms with Crippen LogP contribution in [0.2, 0.25) is 0 Å². The number of furan rings is 1. The van der Waals surface area contributed by atoms with Gasteiger partial charge in [0, 0.05) is 27.5 Å². The van der Waals surface area contributed by atoms with Crippen molar-refractivity contribution in [3.05, 3.63) is 126 Å². The summed E-state index contributed by atoms with van der Waals surface area (Å²) in [6.07, 6.45) is 0. The highest BCUT2D eigenvalue weighted by atomic mass is 16.3. The fourth-order valence-electron chi connectivity index (χ4n) is 6.67. The maximum absolute atomic E-state index is 6.21. The molecule has 0 saturated carbocycles. The minimum atomic E-state index is -0.119. The monoisotopic (exact) mass is 557 g/mol. The molecule has 4 heteroatoms. The molecule has 8 rings (SSSR count). The van der Waals surface area contributed by atoms with Crippen molar-refractivity contribution in [1.82, 2.24) is 15.0 Å². The van der Waals surface area contributed by atoms with Crippen LogP contribution in [0.4, 0.5) is 0 Å². The zero-order chi connectivity index (χ0) is 29.3. The molecule has 1 aliphatic rings. The quantitative estimate of drug-likeness (QED) is 0.217. The number of para-hydroxylation sites is 1. The molecule has 1 aliphatic carbocycles. The van der Waals surface area contributed by atoms with E-state index >= 15 is 0 Å². The van der Waals surface area contributed by atoms with Crippen molar-refractivity contribution >= 4 is 21.9 Å². The lowest BCUT2D eigenvalue weighted by atomic mass is 9.55. The molecule has 208 valence electrons. The molecule has 2 heterocycles. The van der Waals surface area contributed by atoms with Crippen molar-refractivity contribution in [2.24, 2.45) is 0 Å². The fraction of sp³-hybridized carbons (Fsp3) is 0.154. The third-order valence-corrected chi connectivity index (χ3v) is 9.72. The van der Waals surface area contributed by atoms with Crippen molar-refractivity contribution in [2.45, 2.75) is 38.5 Å². The summed E-state index contributed by atoms with van der Waals surface area (Å²) in [7, 11) is 0. The molecule has 0 atom stereocenters. The zero-order valence-corrected chi connectivity index (χ0v) is 24.7.